The minimum atomic E-state index is -1.12. The topological polar surface area (TPSA) is 46.3 Å². The van der Waals surface area contributed by atoms with Crippen LogP contribution in [0, 0.1) is 6.92 Å². The van der Waals surface area contributed by atoms with Crippen LogP contribution in [0.2, 0.25) is 0 Å². The first-order chi connectivity index (χ1) is 11.0. The predicted molar refractivity (Wildman–Crippen MR) is 100 cm³/mol. The van der Waals surface area contributed by atoms with Crippen LogP contribution in [0.25, 0.3) is 6.08 Å². The molecule has 1 unspecified atom stereocenters. The second-order valence-electron chi connectivity index (χ2n) is 5.22. The molecule has 23 heavy (non-hydrogen) atoms. The van der Waals surface area contributed by atoms with Crippen molar-refractivity contribution in [2.45, 2.75) is 18.9 Å². The summed E-state index contributed by atoms with van der Waals surface area (Å²) in [6.45, 7) is 1.87. The van der Waals surface area contributed by atoms with E-state index in [0.29, 0.717) is 12.2 Å². The number of aryl methyl sites for hydroxylation is 1. The lowest BCUT2D eigenvalue weighted by Gasteiger charge is -2.20. The van der Waals surface area contributed by atoms with Gasteiger partial charge in [-0.15, -0.1) is 23.5 Å². The number of hydrogen-bond acceptors (Lipinski definition) is 5. The number of hydrogen-bond donors (Lipinski definition) is 1. The summed E-state index contributed by atoms with van der Waals surface area (Å²) >= 11 is 3.24. The molecule has 122 valence electrons. The zero-order valence-corrected chi connectivity index (χ0v) is 15.2. The fraction of sp³-hybridized carbons (Fsp3) is 0.278. The van der Waals surface area contributed by atoms with E-state index in [2.05, 4.69) is 5.16 Å². The molecule has 1 N–H and O–H groups in total. The third-order valence-corrected chi connectivity index (χ3v) is 5.31. The monoisotopic (exact) mass is 347 g/mol. The molecule has 0 aliphatic carbocycles. The van der Waals surface area contributed by atoms with E-state index in [1.807, 2.05) is 74.1 Å². The van der Waals surface area contributed by atoms with Crippen LogP contribution in [0.1, 0.15) is 17.0 Å². The molecule has 0 amide bonds. The van der Waals surface area contributed by atoms with Crippen LogP contribution in [-0.2, 0) is 6.42 Å². The van der Waals surface area contributed by atoms with Crippen molar-refractivity contribution in [1.82, 2.24) is 5.16 Å². The first-order valence-corrected chi connectivity index (χ1v) is 9.69. The quantitative estimate of drug-likeness (QED) is 0.797. The molecule has 0 bridgehead atoms. The Balaban J connectivity index is 2.30. The summed E-state index contributed by atoms with van der Waals surface area (Å²) in [7, 11) is 0. The molecule has 0 spiro atoms. The van der Waals surface area contributed by atoms with Gasteiger partial charge < -0.3 is 9.63 Å². The summed E-state index contributed by atoms with van der Waals surface area (Å²) in [5.74, 6) is 0.667. The van der Waals surface area contributed by atoms with Crippen molar-refractivity contribution in [1.29, 1.82) is 0 Å². The van der Waals surface area contributed by atoms with E-state index in [1.54, 1.807) is 23.5 Å². The fourth-order valence-corrected chi connectivity index (χ4v) is 3.46. The van der Waals surface area contributed by atoms with Crippen LogP contribution in [0.4, 0.5) is 0 Å². The Kier molecular flexibility index (Phi) is 6.57. The van der Waals surface area contributed by atoms with Gasteiger partial charge in [0, 0.05) is 16.7 Å². The minimum Gasteiger partial charge on any atom is -0.381 e. The van der Waals surface area contributed by atoms with Crippen molar-refractivity contribution in [3.05, 3.63) is 69.8 Å². The fourth-order valence-electron chi connectivity index (χ4n) is 2.15. The number of rotatable bonds is 7. The van der Waals surface area contributed by atoms with Crippen molar-refractivity contribution in [2.24, 2.45) is 0 Å². The van der Waals surface area contributed by atoms with Crippen molar-refractivity contribution >= 4 is 29.6 Å². The molecule has 0 aliphatic rings. The summed E-state index contributed by atoms with van der Waals surface area (Å²) in [6, 6.07) is 11.8. The average molecular weight is 348 g/mol. The van der Waals surface area contributed by atoms with Gasteiger partial charge in [0.15, 0.2) is 0 Å². The Morgan fingerprint density at radius 2 is 1.96 bits per heavy atom. The highest BCUT2D eigenvalue weighted by Gasteiger charge is 2.24. The second-order valence-corrected chi connectivity index (χ2v) is 7.17. The molecule has 0 radical (unpaired) electrons. The first-order valence-electron chi connectivity index (χ1n) is 7.24. The standard InChI is InChI=1S/C18H21NO2S2/c1-14-11-16(21-19-14)12-18(20,13-17(22-2)23-3)10-9-15-7-5-4-6-8-15/h4-11,13,20H,12H2,1-3H3/b10-9+. The van der Waals surface area contributed by atoms with Crippen molar-refractivity contribution in [2.75, 3.05) is 12.5 Å². The predicted octanol–water partition coefficient (Wildman–Crippen LogP) is 4.54. The van der Waals surface area contributed by atoms with Crippen LogP contribution >= 0.6 is 23.5 Å². The molecule has 0 aliphatic heterocycles. The van der Waals surface area contributed by atoms with Gasteiger partial charge in [-0.2, -0.15) is 0 Å². The van der Waals surface area contributed by atoms with E-state index in [4.69, 9.17) is 4.52 Å². The molecule has 2 aromatic rings. The van der Waals surface area contributed by atoms with Gasteiger partial charge in [-0.25, -0.2) is 0 Å². The highest BCUT2D eigenvalue weighted by molar-refractivity contribution is 8.21. The van der Waals surface area contributed by atoms with Crippen LogP contribution in [0.5, 0.6) is 0 Å². The molecule has 3 nitrogen and oxygen atoms in total. The molecule has 1 atom stereocenters. The van der Waals surface area contributed by atoms with Gasteiger partial charge in [0.25, 0.3) is 0 Å². The maximum atomic E-state index is 11.1. The summed E-state index contributed by atoms with van der Waals surface area (Å²) in [6.07, 6.45) is 9.97. The molecule has 1 aromatic carbocycles. The average Bonchev–Trinajstić information content (AvgIpc) is 2.96. The van der Waals surface area contributed by atoms with Crippen molar-refractivity contribution in [3.8, 4) is 0 Å². The second kappa shape index (κ2) is 8.43. The van der Waals surface area contributed by atoms with Gasteiger partial charge in [0.05, 0.1) is 5.69 Å². The summed E-state index contributed by atoms with van der Waals surface area (Å²) < 4.78 is 6.33. The lowest BCUT2D eigenvalue weighted by atomic mass is 9.96. The Morgan fingerprint density at radius 1 is 1.26 bits per heavy atom. The Bertz CT molecular complexity index is 673. The van der Waals surface area contributed by atoms with Crippen molar-refractivity contribution < 1.29 is 9.63 Å². The Hall–Kier alpha value is -1.43. The third kappa shape index (κ3) is 5.61. The molecule has 0 fully saturated rings. The number of aromatic nitrogens is 1. The lowest BCUT2D eigenvalue weighted by Crippen LogP contribution is -2.26. The molecular formula is C18H21NO2S2. The number of aliphatic hydroxyl groups is 1. The van der Waals surface area contributed by atoms with E-state index in [1.165, 1.54) is 0 Å². The molecule has 2 rings (SSSR count). The number of thioether (sulfide) groups is 2. The molecule has 0 saturated heterocycles. The lowest BCUT2D eigenvalue weighted by molar-refractivity contribution is 0.134. The summed E-state index contributed by atoms with van der Waals surface area (Å²) in [4.78, 5) is 0. The normalized spacial score (nSPS) is 13.9. The van der Waals surface area contributed by atoms with Gasteiger partial charge in [-0.05, 0) is 37.2 Å². The minimum absolute atomic E-state index is 0.349. The van der Waals surface area contributed by atoms with E-state index in [9.17, 15) is 5.11 Å². The summed E-state index contributed by atoms with van der Waals surface area (Å²) in [5, 5.41) is 15.0. The van der Waals surface area contributed by atoms with E-state index >= 15 is 0 Å². The van der Waals surface area contributed by atoms with Gasteiger partial charge in [-0.1, -0.05) is 41.6 Å². The maximum absolute atomic E-state index is 11.1. The molecular weight excluding hydrogens is 326 g/mol. The van der Waals surface area contributed by atoms with Crippen molar-refractivity contribution in [3.63, 3.8) is 0 Å². The SMILES string of the molecule is CSC(=CC(O)(/C=C/c1ccccc1)Cc1cc(C)no1)SC. The zero-order valence-electron chi connectivity index (χ0n) is 13.5. The van der Waals surface area contributed by atoms with Crippen LogP contribution in [0.3, 0.4) is 0 Å². The van der Waals surface area contributed by atoms with Gasteiger partial charge in [0.2, 0.25) is 0 Å². The molecule has 1 aromatic heterocycles. The molecule has 1 heterocycles. The zero-order chi connectivity index (χ0) is 16.7. The highest BCUT2D eigenvalue weighted by atomic mass is 32.2. The van der Waals surface area contributed by atoms with Gasteiger partial charge in [0.1, 0.15) is 11.4 Å². The van der Waals surface area contributed by atoms with E-state index < -0.39 is 5.60 Å². The van der Waals surface area contributed by atoms with E-state index in [0.717, 1.165) is 15.5 Å². The smallest absolute Gasteiger partial charge is 0.140 e. The van der Waals surface area contributed by atoms with Crippen LogP contribution in [0.15, 0.2) is 57.3 Å². The number of benzene rings is 1. The first kappa shape index (κ1) is 17.9. The largest absolute Gasteiger partial charge is 0.381 e. The Morgan fingerprint density at radius 3 is 2.52 bits per heavy atom. The maximum Gasteiger partial charge on any atom is 0.140 e. The Labute approximate surface area is 145 Å². The molecule has 5 heteroatoms. The number of nitrogens with zero attached hydrogens (tertiary/aromatic N) is 1. The van der Waals surface area contributed by atoms with Gasteiger partial charge in [-0.3, -0.25) is 0 Å². The van der Waals surface area contributed by atoms with Crippen LogP contribution in [-0.4, -0.2) is 28.4 Å². The summed E-state index contributed by atoms with van der Waals surface area (Å²) in [5.41, 5.74) is 0.736. The molecule has 0 saturated carbocycles. The van der Waals surface area contributed by atoms with Crippen LogP contribution < -0.4 is 0 Å². The van der Waals surface area contributed by atoms with Gasteiger partial charge >= 0.3 is 0 Å². The van der Waals surface area contributed by atoms with E-state index in [-0.39, 0.29) is 0 Å². The highest BCUT2D eigenvalue weighted by Crippen LogP contribution is 2.29. The third-order valence-electron chi connectivity index (χ3n) is 3.27.